The van der Waals surface area contributed by atoms with Crippen LogP contribution in [0.4, 0.5) is 0 Å². The second-order valence-corrected chi connectivity index (χ2v) is 5.20. The fraction of sp³-hybridized carbons (Fsp3) is 0.150. The number of rotatable bonds is 3. The standard InChI is InChI=1S/C20H19N/c1-3-16-14-21-15(2)19(17-10-6-4-7-11-17)20(16)18-12-8-5-9-13-18/h4-14H,3H2,1-2H3. The van der Waals surface area contributed by atoms with E-state index in [1.54, 1.807) is 0 Å². The second-order valence-electron chi connectivity index (χ2n) is 5.20. The molecule has 3 aromatic rings. The highest BCUT2D eigenvalue weighted by molar-refractivity contribution is 5.86. The van der Waals surface area contributed by atoms with Crippen LogP contribution in [0.1, 0.15) is 18.2 Å². The molecule has 0 aliphatic rings. The zero-order valence-corrected chi connectivity index (χ0v) is 12.5. The third kappa shape index (κ3) is 2.59. The molecular formula is C20H19N. The predicted molar refractivity (Wildman–Crippen MR) is 89.2 cm³/mol. The number of benzene rings is 2. The number of hydrogen-bond acceptors (Lipinski definition) is 1. The largest absolute Gasteiger partial charge is 0.261 e. The van der Waals surface area contributed by atoms with E-state index >= 15 is 0 Å². The Morgan fingerprint density at radius 2 is 1.29 bits per heavy atom. The van der Waals surface area contributed by atoms with E-state index in [2.05, 4.69) is 79.5 Å². The summed E-state index contributed by atoms with van der Waals surface area (Å²) in [5.74, 6) is 0. The third-order valence-corrected chi connectivity index (χ3v) is 3.85. The lowest BCUT2D eigenvalue weighted by Gasteiger charge is -2.16. The molecule has 0 saturated carbocycles. The van der Waals surface area contributed by atoms with Crippen molar-refractivity contribution in [3.63, 3.8) is 0 Å². The lowest BCUT2D eigenvalue weighted by atomic mass is 9.90. The van der Waals surface area contributed by atoms with Gasteiger partial charge in [0.2, 0.25) is 0 Å². The summed E-state index contributed by atoms with van der Waals surface area (Å²) in [6.07, 6.45) is 3.00. The highest BCUT2D eigenvalue weighted by atomic mass is 14.7. The van der Waals surface area contributed by atoms with Crippen molar-refractivity contribution in [2.24, 2.45) is 0 Å². The summed E-state index contributed by atoms with van der Waals surface area (Å²) >= 11 is 0. The van der Waals surface area contributed by atoms with Crippen LogP contribution in [0.25, 0.3) is 22.3 Å². The van der Waals surface area contributed by atoms with Crippen molar-refractivity contribution < 1.29 is 0 Å². The molecule has 1 heteroatoms. The normalized spacial score (nSPS) is 10.6. The first-order valence-corrected chi connectivity index (χ1v) is 7.40. The molecule has 104 valence electrons. The zero-order chi connectivity index (χ0) is 14.7. The van der Waals surface area contributed by atoms with Crippen LogP contribution in [0.5, 0.6) is 0 Å². The van der Waals surface area contributed by atoms with E-state index in [9.17, 15) is 0 Å². The first kappa shape index (κ1) is 13.6. The molecule has 0 atom stereocenters. The van der Waals surface area contributed by atoms with Crippen LogP contribution in [0.2, 0.25) is 0 Å². The van der Waals surface area contributed by atoms with E-state index in [4.69, 9.17) is 0 Å². The van der Waals surface area contributed by atoms with Gasteiger partial charge >= 0.3 is 0 Å². The quantitative estimate of drug-likeness (QED) is 0.632. The minimum absolute atomic E-state index is 0.983. The van der Waals surface area contributed by atoms with Crippen LogP contribution in [0.15, 0.2) is 66.9 Å². The van der Waals surface area contributed by atoms with Gasteiger partial charge in [-0.1, -0.05) is 67.6 Å². The van der Waals surface area contributed by atoms with Gasteiger partial charge in [-0.3, -0.25) is 4.98 Å². The summed E-state index contributed by atoms with van der Waals surface area (Å²) in [7, 11) is 0. The maximum atomic E-state index is 4.61. The molecule has 0 amide bonds. The van der Waals surface area contributed by atoms with Gasteiger partial charge < -0.3 is 0 Å². The zero-order valence-electron chi connectivity index (χ0n) is 12.5. The van der Waals surface area contributed by atoms with Gasteiger partial charge in [-0.25, -0.2) is 0 Å². The Labute approximate surface area is 126 Å². The molecule has 1 aromatic heterocycles. The Morgan fingerprint density at radius 1 is 0.762 bits per heavy atom. The Kier molecular flexibility index (Phi) is 3.83. The van der Waals surface area contributed by atoms with Crippen LogP contribution in [0, 0.1) is 6.92 Å². The van der Waals surface area contributed by atoms with Gasteiger partial charge in [0.05, 0.1) is 0 Å². The number of nitrogens with zero attached hydrogens (tertiary/aromatic N) is 1. The lowest BCUT2D eigenvalue weighted by molar-refractivity contribution is 1.08. The molecule has 1 nitrogen and oxygen atoms in total. The number of pyridine rings is 1. The second kappa shape index (κ2) is 5.92. The average Bonchev–Trinajstić information content (AvgIpc) is 2.56. The summed E-state index contributed by atoms with van der Waals surface area (Å²) in [5, 5.41) is 0. The molecule has 3 rings (SSSR count). The van der Waals surface area contributed by atoms with E-state index in [1.807, 2.05) is 6.20 Å². The number of aromatic nitrogens is 1. The fourth-order valence-electron chi connectivity index (χ4n) is 2.81. The Bertz CT molecular complexity index is 731. The molecule has 2 aromatic carbocycles. The predicted octanol–water partition coefficient (Wildman–Crippen LogP) is 5.29. The smallest absolute Gasteiger partial charge is 0.0457 e. The molecule has 0 aliphatic carbocycles. The molecule has 0 aliphatic heterocycles. The van der Waals surface area contributed by atoms with Crippen molar-refractivity contribution in [3.05, 3.63) is 78.1 Å². The van der Waals surface area contributed by atoms with Gasteiger partial charge in [0, 0.05) is 17.5 Å². The molecule has 0 radical (unpaired) electrons. The number of aryl methyl sites for hydroxylation is 2. The Hall–Kier alpha value is -2.41. The first-order valence-electron chi connectivity index (χ1n) is 7.40. The summed E-state index contributed by atoms with van der Waals surface area (Å²) in [6, 6.07) is 21.2. The maximum absolute atomic E-state index is 4.61. The van der Waals surface area contributed by atoms with Gasteiger partial charge in [-0.05, 0) is 35.6 Å². The molecule has 0 saturated heterocycles. The molecule has 0 spiro atoms. The van der Waals surface area contributed by atoms with E-state index in [1.165, 1.54) is 27.8 Å². The van der Waals surface area contributed by atoms with Gasteiger partial charge in [-0.2, -0.15) is 0 Å². The molecular weight excluding hydrogens is 254 g/mol. The highest BCUT2D eigenvalue weighted by Gasteiger charge is 2.14. The lowest BCUT2D eigenvalue weighted by Crippen LogP contribution is -1.98. The van der Waals surface area contributed by atoms with Gasteiger partial charge in [0.15, 0.2) is 0 Å². The van der Waals surface area contributed by atoms with Crippen LogP contribution >= 0.6 is 0 Å². The van der Waals surface area contributed by atoms with Crippen LogP contribution < -0.4 is 0 Å². The van der Waals surface area contributed by atoms with Crippen LogP contribution in [-0.2, 0) is 6.42 Å². The molecule has 0 fully saturated rings. The van der Waals surface area contributed by atoms with Crippen molar-refractivity contribution in [2.75, 3.05) is 0 Å². The van der Waals surface area contributed by atoms with Crippen molar-refractivity contribution in [1.29, 1.82) is 0 Å². The molecule has 0 bridgehead atoms. The monoisotopic (exact) mass is 273 g/mol. The average molecular weight is 273 g/mol. The number of hydrogen-bond donors (Lipinski definition) is 0. The fourth-order valence-corrected chi connectivity index (χ4v) is 2.81. The van der Waals surface area contributed by atoms with E-state index in [0.717, 1.165) is 12.1 Å². The summed E-state index contributed by atoms with van der Waals surface area (Å²) in [5.41, 5.74) is 7.44. The minimum Gasteiger partial charge on any atom is -0.261 e. The van der Waals surface area contributed by atoms with Crippen molar-refractivity contribution >= 4 is 0 Å². The van der Waals surface area contributed by atoms with Gasteiger partial charge in [0.25, 0.3) is 0 Å². The van der Waals surface area contributed by atoms with Crippen molar-refractivity contribution in [1.82, 2.24) is 4.98 Å². The molecule has 21 heavy (non-hydrogen) atoms. The van der Waals surface area contributed by atoms with Gasteiger partial charge in [0.1, 0.15) is 0 Å². The summed E-state index contributed by atoms with van der Waals surface area (Å²) < 4.78 is 0. The van der Waals surface area contributed by atoms with E-state index in [0.29, 0.717) is 0 Å². The van der Waals surface area contributed by atoms with E-state index < -0.39 is 0 Å². The topological polar surface area (TPSA) is 12.9 Å². The van der Waals surface area contributed by atoms with Crippen molar-refractivity contribution in [2.45, 2.75) is 20.3 Å². The minimum atomic E-state index is 0.983. The van der Waals surface area contributed by atoms with Crippen LogP contribution in [-0.4, -0.2) is 4.98 Å². The molecule has 0 unspecified atom stereocenters. The highest BCUT2D eigenvalue weighted by Crippen LogP contribution is 2.36. The van der Waals surface area contributed by atoms with E-state index in [-0.39, 0.29) is 0 Å². The van der Waals surface area contributed by atoms with Crippen LogP contribution in [0.3, 0.4) is 0 Å². The molecule has 1 heterocycles. The Balaban J connectivity index is 2.33. The first-order chi connectivity index (χ1) is 10.3. The summed E-state index contributed by atoms with van der Waals surface area (Å²) in [6.45, 7) is 4.28. The van der Waals surface area contributed by atoms with Crippen molar-refractivity contribution in [3.8, 4) is 22.3 Å². The third-order valence-electron chi connectivity index (χ3n) is 3.85. The Morgan fingerprint density at radius 3 is 1.81 bits per heavy atom. The SMILES string of the molecule is CCc1cnc(C)c(-c2ccccc2)c1-c1ccccc1. The van der Waals surface area contributed by atoms with Gasteiger partial charge in [-0.15, -0.1) is 0 Å². The maximum Gasteiger partial charge on any atom is 0.0457 e. The summed E-state index contributed by atoms with van der Waals surface area (Å²) in [4.78, 5) is 4.61. The molecule has 0 N–H and O–H groups in total.